The van der Waals surface area contributed by atoms with Crippen molar-refractivity contribution in [3.8, 4) is 5.75 Å². The number of aryl methyl sites for hydroxylation is 2. The molecule has 0 atom stereocenters. The second-order valence-electron chi connectivity index (χ2n) is 4.80. The van der Waals surface area contributed by atoms with E-state index < -0.39 is 5.97 Å². The van der Waals surface area contributed by atoms with Gasteiger partial charge in [-0.25, -0.2) is 4.79 Å². The summed E-state index contributed by atoms with van der Waals surface area (Å²) < 4.78 is 5.69. The molecule has 0 spiro atoms. The lowest BCUT2D eigenvalue weighted by Crippen LogP contribution is -2.03. The average molecular weight is 302 g/mol. The molecule has 2 rings (SSSR count). The van der Waals surface area contributed by atoms with Gasteiger partial charge in [0, 0.05) is 10.6 Å². The van der Waals surface area contributed by atoms with Gasteiger partial charge in [0.1, 0.15) is 5.75 Å². The van der Waals surface area contributed by atoms with Crippen LogP contribution in [0.4, 0.5) is 0 Å². The first-order valence-corrected chi connectivity index (χ1v) is 7.71. The molecular weight excluding hydrogens is 284 g/mol. The molecule has 1 N–H and O–H groups in total. The van der Waals surface area contributed by atoms with E-state index in [1.165, 1.54) is 10.5 Å². The molecule has 0 saturated heterocycles. The van der Waals surface area contributed by atoms with E-state index in [0.29, 0.717) is 12.4 Å². The average Bonchev–Trinajstić information content (AvgIpc) is 2.47. The van der Waals surface area contributed by atoms with Crippen LogP contribution in [-0.4, -0.2) is 23.4 Å². The zero-order valence-corrected chi connectivity index (χ0v) is 12.9. The minimum Gasteiger partial charge on any atom is -0.492 e. The second-order valence-corrected chi connectivity index (χ2v) is 5.96. The molecule has 2 aromatic carbocycles. The number of hydrogen-bond acceptors (Lipinski definition) is 3. The maximum Gasteiger partial charge on any atom is 0.335 e. The minimum absolute atomic E-state index is 0.252. The number of carboxylic acids is 1. The van der Waals surface area contributed by atoms with Crippen molar-refractivity contribution >= 4 is 17.7 Å². The Morgan fingerprint density at radius 2 is 1.86 bits per heavy atom. The second kappa shape index (κ2) is 7.18. The summed E-state index contributed by atoms with van der Waals surface area (Å²) in [5, 5.41) is 8.98. The molecule has 0 unspecified atom stereocenters. The zero-order chi connectivity index (χ0) is 15.2. The fourth-order valence-electron chi connectivity index (χ4n) is 1.83. The monoisotopic (exact) mass is 302 g/mol. The summed E-state index contributed by atoms with van der Waals surface area (Å²) >= 11 is 1.72. The predicted octanol–water partition coefficient (Wildman–Crippen LogP) is 4.17. The largest absolute Gasteiger partial charge is 0.492 e. The Balaban J connectivity index is 1.87. The molecule has 3 nitrogen and oxygen atoms in total. The molecule has 4 heteroatoms. The van der Waals surface area contributed by atoms with Crippen LogP contribution in [-0.2, 0) is 0 Å². The van der Waals surface area contributed by atoms with Gasteiger partial charge >= 0.3 is 5.97 Å². The van der Waals surface area contributed by atoms with Gasteiger partial charge in [-0.05, 0) is 43.7 Å². The summed E-state index contributed by atoms with van der Waals surface area (Å²) in [6.45, 7) is 4.52. The van der Waals surface area contributed by atoms with Crippen molar-refractivity contribution in [1.82, 2.24) is 0 Å². The third-order valence-corrected chi connectivity index (χ3v) is 4.04. The van der Waals surface area contributed by atoms with Crippen molar-refractivity contribution in [2.75, 3.05) is 12.4 Å². The maximum absolute atomic E-state index is 10.9. The number of aromatic carboxylic acids is 1. The fourth-order valence-corrected chi connectivity index (χ4v) is 2.57. The van der Waals surface area contributed by atoms with Gasteiger partial charge in [-0.3, -0.25) is 0 Å². The highest BCUT2D eigenvalue weighted by atomic mass is 32.2. The highest BCUT2D eigenvalue weighted by Gasteiger charge is 2.07. The van der Waals surface area contributed by atoms with Gasteiger partial charge in [0.05, 0.1) is 12.2 Å². The minimum atomic E-state index is -0.936. The number of hydrogen-bond donors (Lipinski definition) is 1. The molecule has 0 aliphatic heterocycles. The first-order valence-electron chi connectivity index (χ1n) is 6.72. The van der Waals surface area contributed by atoms with Crippen LogP contribution in [0, 0.1) is 13.8 Å². The molecule has 2 aromatic rings. The van der Waals surface area contributed by atoms with E-state index in [0.717, 1.165) is 11.3 Å². The molecule has 0 fully saturated rings. The maximum atomic E-state index is 10.9. The van der Waals surface area contributed by atoms with Crippen LogP contribution in [0.15, 0.2) is 47.4 Å². The molecule has 0 aromatic heterocycles. The van der Waals surface area contributed by atoms with Gasteiger partial charge in [-0.1, -0.05) is 23.8 Å². The van der Waals surface area contributed by atoms with Crippen molar-refractivity contribution in [3.05, 3.63) is 59.2 Å². The van der Waals surface area contributed by atoms with Crippen LogP contribution in [0.2, 0.25) is 0 Å². The number of benzene rings is 2. The van der Waals surface area contributed by atoms with Crippen LogP contribution < -0.4 is 4.74 Å². The number of thioether (sulfide) groups is 1. The molecule has 0 radical (unpaired) electrons. The van der Waals surface area contributed by atoms with Crippen molar-refractivity contribution in [2.24, 2.45) is 0 Å². The van der Waals surface area contributed by atoms with Crippen molar-refractivity contribution in [1.29, 1.82) is 0 Å². The van der Waals surface area contributed by atoms with Gasteiger partial charge < -0.3 is 9.84 Å². The summed E-state index contributed by atoms with van der Waals surface area (Å²) in [7, 11) is 0. The first kappa shape index (κ1) is 15.4. The lowest BCUT2D eigenvalue weighted by atomic mass is 10.1. The van der Waals surface area contributed by atoms with Gasteiger partial charge in [-0.15, -0.1) is 11.8 Å². The van der Waals surface area contributed by atoms with Crippen LogP contribution in [0.5, 0.6) is 5.75 Å². The summed E-state index contributed by atoms with van der Waals surface area (Å²) in [6.07, 6.45) is 0. The van der Waals surface area contributed by atoms with Gasteiger partial charge in [0.25, 0.3) is 0 Å². The fraction of sp³-hybridized carbons (Fsp3) is 0.235. The predicted molar refractivity (Wildman–Crippen MR) is 85.5 cm³/mol. The zero-order valence-electron chi connectivity index (χ0n) is 12.1. The molecule has 21 heavy (non-hydrogen) atoms. The molecule has 110 valence electrons. The molecule has 0 aliphatic carbocycles. The molecule has 0 bridgehead atoms. The van der Waals surface area contributed by atoms with Gasteiger partial charge in [0.15, 0.2) is 0 Å². The number of rotatable bonds is 6. The third kappa shape index (κ3) is 4.53. The van der Waals surface area contributed by atoms with Crippen LogP contribution in [0.25, 0.3) is 0 Å². The summed E-state index contributed by atoms with van der Waals surface area (Å²) in [4.78, 5) is 12.2. The highest BCUT2D eigenvalue weighted by Crippen LogP contribution is 2.22. The molecule has 0 heterocycles. The van der Waals surface area contributed by atoms with Crippen molar-refractivity contribution in [2.45, 2.75) is 18.7 Å². The standard InChI is InChI=1S/C17H18O3S/c1-12-3-7-15(8-4-12)21-10-9-20-16-11-14(17(18)19)6-5-13(16)2/h3-8,11H,9-10H2,1-2H3,(H,18,19). The van der Waals surface area contributed by atoms with E-state index in [-0.39, 0.29) is 5.56 Å². The van der Waals surface area contributed by atoms with Gasteiger partial charge in [-0.2, -0.15) is 0 Å². The van der Waals surface area contributed by atoms with E-state index in [9.17, 15) is 4.79 Å². The van der Waals surface area contributed by atoms with E-state index in [1.807, 2.05) is 6.92 Å². The van der Waals surface area contributed by atoms with Crippen LogP contribution >= 0.6 is 11.8 Å². The van der Waals surface area contributed by atoms with E-state index in [4.69, 9.17) is 9.84 Å². The first-order chi connectivity index (χ1) is 10.1. The number of ether oxygens (including phenoxy) is 1. The summed E-state index contributed by atoms with van der Waals surface area (Å²) in [5.74, 6) is 0.521. The topological polar surface area (TPSA) is 46.5 Å². The SMILES string of the molecule is Cc1ccc(SCCOc2cc(C(=O)O)ccc2C)cc1. The lowest BCUT2D eigenvalue weighted by Gasteiger charge is -2.10. The lowest BCUT2D eigenvalue weighted by molar-refractivity contribution is 0.0696. The van der Waals surface area contributed by atoms with Crippen molar-refractivity contribution < 1.29 is 14.6 Å². The molecular formula is C17H18O3S. The Morgan fingerprint density at radius 1 is 1.14 bits per heavy atom. The highest BCUT2D eigenvalue weighted by molar-refractivity contribution is 7.99. The Labute approximate surface area is 129 Å². The number of carboxylic acid groups (broad SMARTS) is 1. The smallest absolute Gasteiger partial charge is 0.335 e. The summed E-state index contributed by atoms with van der Waals surface area (Å²) in [6, 6.07) is 13.3. The Hall–Kier alpha value is -1.94. The normalized spacial score (nSPS) is 10.4. The Bertz CT molecular complexity index is 620. The molecule has 0 aliphatic rings. The molecule has 0 amide bonds. The van der Waals surface area contributed by atoms with Gasteiger partial charge in [0.2, 0.25) is 0 Å². The molecule has 0 saturated carbocycles. The Morgan fingerprint density at radius 3 is 2.52 bits per heavy atom. The van der Waals surface area contributed by atoms with E-state index in [1.54, 1.807) is 30.0 Å². The van der Waals surface area contributed by atoms with Crippen LogP contribution in [0.3, 0.4) is 0 Å². The van der Waals surface area contributed by atoms with Crippen LogP contribution in [0.1, 0.15) is 21.5 Å². The Kier molecular flexibility index (Phi) is 5.28. The third-order valence-electron chi connectivity index (χ3n) is 3.07. The van der Waals surface area contributed by atoms with Crippen molar-refractivity contribution in [3.63, 3.8) is 0 Å². The van der Waals surface area contributed by atoms with E-state index >= 15 is 0 Å². The quantitative estimate of drug-likeness (QED) is 0.642. The summed E-state index contributed by atoms with van der Waals surface area (Å²) in [5.41, 5.74) is 2.44. The van der Waals surface area contributed by atoms with E-state index in [2.05, 4.69) is 31.2 Å². The number of carbonyl (C=O) groups is 1.